The second kappa shape index (κ2) is 4.41. The fourth-order valence-electron chi connectivity index (χ4n) is 1.23. The molecule has 3 nitrogen and oxygen atoms in total. The molecule has 0 bridgehead atoms. The first kappa shape index (κ1) is 12.3. The van der Waals surface area contributed by atoms with E-state index in [2.05, 4.69) is 0 Å². The largest absolute Gasteiger partial charge is 0.508 e. The maximum absolute atomic E-state index is 12.3. The van der Waals surface area contributed by atoms with E-state index in [9.17, 15) is 18.3 Å². The van der Waals surface area contributed by atoms with Crippen molar-refractivity contribution in [3.63, 3.8) is 0 Å². The molecule has 0 aliphatic rings. The number of nitrogens with two attached hydrogens (primary N) is 1. The van der Waals surface area contributed by atoms with Crippen LogP contribution in [0.5, 0.6) is 5.75 Å². The Kier molecular flexibility index (Phi) is 3.40. The van der Waals surface area contributed by atoms with Crippen molar-refractivity contribution in [2.24, 2.45) is 5.73 Å². The van der Waals surface area contributed by atoms with Crippen LogP contribution in [-0.4, -0.2) is 11.3 Å². The van der Waals surface area contributed by atoms with Crippen molar-refractivity contribution in [1.82, 2.24) is 0 Å². The molecule has 86 valence electrons. The summed E-state index contributed by atoms with van der Waals surface area (Å²) in [6, 6.07) is 3.14. The van der Waals surface area contributed by atoms with E-state index in [0.717, 1.165) is 12.1 Å². The number of aromatic hydroxyl groups is 1. The molecule has 0 fully saturated rings. The van der Waals surface area contributed by atoms with Crippen molar-refractivity contribution in [3.8, 4) is 11.8 Å². The third kappa shape index (κ3) is 2.64. The minimum Gasteiger partial charge on any atom is -0.508 e. The highest BCUT2D eigenvalue weighted by atomic mass is 19.4. The molecule has 6 heteroatoms. The highest BCUT2D eigenvalue weighted by molar-refractivity contribution is 5.39. The van der Waals surface area contributed by atoms with Gasteiger partial charge >= 0.3 is 6.18 Å². The molecule has 1 rings (SSSR count). The molecule has 0 amide bonds. The number of hydrogen-bond acceptors (Lipinski definition) is 3. The van der Waals surface area contributed by atoms with Crippen molar-refractivity contribution < 1.29 is 18.3 Å². The third-order valence-electron chi connectivity index (χ3n) is 2.06. The van der Waals surface area contributed by atoms with Gasteiger partial charge in [-0.25, -0.2) is 0 Å². The normalized spacial score (nSPS) is 13.2. The molecule has 0 unspecified atom stereocenters. The van der Waals surface area contributed by atoms with E-state index in [0.29, 0.717) is 5.56 Å². The van der Waals surface area contributed by atoms with Crippen LogP contribution in [0.1, 0.15) is 17.2 Å². The van der Waals surface area contributed by atoms with Gasteiger partial charge in [-0.2, -0.15) is 18.4 Å². The van der Waals surface area contributed by atoms with E-state index in [1.54, 1.807) is 6.07 Å². The molecule has 0 aliphatic heterocycles. The average molecular weight is 230 g/mol. The maximum atomic E-state index is 12.3. The molecular formula is C10H9F3N2O. The van der Waals surface area contributed by atoms with Gasteiger partial charge in [-0.3, -0.25) is 0 Å². The zero-order chi connectivity index (χ0) is 12.3. The van der Waals surface area contributed by atoms with Gasteiger partial charge in [0.2, 0.25) is 0 Å². The molecule has 0 radical (unpaired) electrons. The van der Waals surface area contributed by atoms with E-state index in [4.69, 9.17) is 11.0 Å². The molecule has 0 heterocycles. The van der Waals surface area contributed by atoms with Gasteiger partial charge in [0.05, 0.1) is 12.5 Å². The van der Waals surface area contributed by atoms with Crippen molar-refractivity contribution in [2.45, 2.75) is 18.6 Å². The summed E-state index contributed by atoms with van der Waals surface area (Å²) in [6.45, 7) is 0. The first-order chi connectivity index (χ1) is 7.36. The van der Waals surface area contributed by atoms with Crippen LogP contribution >= 0.6 is 0 Å². The van der Waals surface area contributed by atoms with Crippen molar-refractivity contribution >= 4 is 0 Å². The van der Waals surface area contributed by atoms with E-state index in [1.165, 1.54) is 6.07 Å². The van der Waals surface area contributed by atoms with E-state index in [1.807, 2.05) is 0 Å². The monoisotopic (exact) mass is 230 g/mol. The van der Waals surface area contributed by atoms with Gasteiger partial charge in [0, 0.05) is 5.56 Å². The fraction of sp³-hybridized carbons (Fsp3) is 0.300. The molecule has 1 atom stereocenters. The molecule has 1 aromatic rings. The lowest BCUT2D eigenvalue weighted by Crippen LogP contribution is -2.28. The van der Waals surface area contributed by atoms with Crippen LogP contribution in [0.4, 0.5) is 13.2 Å². The Bertz CT molecular complexity index is 423. The van der Waals surface area contributed by atoms with Crippen molar-refractivity contribution in [3.05, 3.63) is 29.3 Å². The summed E-state index contributed by atoms with van der Waals surface area (Å²) in [5, 5.41) is 17.7. The summed E-state index contributed by atoms with van der Waals surface area (Å²) >= 11 is 0. The van der Waals surface area contributed by atoms with Gasteiger partial charge in [-0.05, 0) is 17.7 Å². The maximum Gasteiger partial charge on any atom is 0.407 e. The Labute approximate surface area is 89.9 Å². The molecular weight excluding hydrogens is 221 g/mol. The predicted molar refractivity (Wildman–Crippen MR) is 50.4 cm³/mol. The molecule has 0 aromatic heterocycles. The van der Waals surface area contributed by atoms with E-state index >= 15 is 0 Å². The summed E-state index contributed by atoms with van der Waals surface area (Å²) in [6.07, 6.45) is -4.65. The van der Waals surface area contributed by atoms with E-state index in [-0.39, 0.29) is 6.42 Å². The van der Waals surface area contributed by atoms with Gasteiger partial charge in [0.15, 0.2) is 0 Å². The molecule has 16 heavy (non-hydrogen) atoms. The van der Waals surface area contributed by atoms with Crippen LogP contribution in [-0.2, 0) is 6.42 Å². The van der Waals surface area contributed by atoms with Crippen LogP contribution in [0.2, 0.25) is 0 Å². The molecule has 3 N–H and O–H groups in total. The van der Waals surface area contributed by atoms with Gasteiger partial charge in [-0.15, -0.1) is 0 Å². The quantitative estimate of drug-likeness (QED) is 0.816. The lowest BCUT2D eigenvalue weighted by Gasteiger charge is -2.17. The Morgan fingerprint density at radius 1 is 1.44 bits per heavy atom. The summed E-state index contributed by atoms with van der Waals surface area (Å²) in [5.74, 6) is -0.522. The van der Waals surface area contributed by atoms with Crippen LogP contribution in [0.3, 0.4) is 0 Å². The highest BCUT2D eigenvalue weighted by Gasteiger charge is 2.39. The smallest absolute Gasteiger partial charge is 0.407 e. The number of hydrogen-bond donors (Lipinski definition) is 2. The van der Waals surface area contributed by atoms with Gasteiger partial charge < -0.3 is 10.8 Å². The zero-order valence-corrected chi connectivity index (χ0v) is 8.12. The Morgan fingerprint density at radius 3 is 2.56 bits per heavy atom. The standard InChI is InChI=1S/C10H9F3N2O/c11-10(12,13)9(15)7-5-6(3-4-14)1-2-8(7)16/h1-2,5,9,16H,3,15H2/t9-/m0/s1. The van der Waals surface area contributed by atoms with Gasteiger partial charge in [0.25, 0.3) is 0 Å². The minimum atomic E-state index is -4.62. The SMILES string of the molecule is N#CCc1ccc(O)c([C@H](N)C(F)(F)F)c1. The number of nitriles is 1. The zero-order valence-electron chi connectivity index (χ0n) is 8.12. The van der Waals surface area contributed by atoms with Crippen LogP contribution in [0, 0.1) is 11.3 Å². The molecule has 0 saturated heterocycles. The van der Waals surface area contributed by atoms with Crippen molar-refractivity contribution in [2.75, 3.05) is 0 Å². The summed E-state index contributed by atoms with van der Waals surface area (Å²) in [7, 11) is 0. The number of rotatable bonds is 2. The Balaban J connectivity index is 3.13. The van der Waals surface area contributed by atoms with Crippen LogP contribution in [0.15, 0.2) is 18.2 Å². The lowest BCUT2D eigenvalue weighted by atomic mass is 10.0. The number of halogens is 3. The highest BCUT2D eigenvalue weighted by Crippen LogP contribution is 2.35. The Morgan fingerprint density at radius 2 is 2.06 bits per heavy atom. The predicted octanol–water partition coefficient (Wildman–Crippen LogP) is 2.02. The van der Waals surface area contributed by atoms with Gasteiger partial charge in [0.1, 0.15) is 11.8 Å². The van der Waals surface area contributed by atoms with Crippen LogP contribution < -0.4 is 5.73 Å². The molecule has 0 spiro atoms. The second-order valence-electron chi connectivity index (χ2n) is 3.25. The van der Waals surface area contributed by atoms with Crippen LogP contribution in [0.25, 0.3) is 0 Å². The first-order valence-corrected chi connectivity index (χ1v) is 4.37. The number of benzene rings is 1. The Hall–Kier alpha value is -1.74. The second-order valence-corrected chi connectivity index (χ2v) is 3.25. The number of nitrogens with zero attached hydrogens (tertiary/aromatic N) is 1. The number of phenols is 1. The third-order valence-corrected chi connectivity index (χ3v) is 2.06. The molecule has 1 aromatic carbocycles. The lowest BCUT2D eigenvalue weighted by molar-refractivity contribution is -0.149. The molecule has 0 aliphatic carbocycles. The summed E-state index contributed by atoms with van der Waals surface area (Å²) in [5.41, 5.74) is 4.94. The number of phenolic OH excluding ortho intramolecular Hbond substituents is 1. The first-order valence-electron chi connectivity index (χ1n) is 4.37. The minimum absolute atomic E-state index is 0.0299. The molecule has 0 saturated carbocycles. The van der Waals surface area contributed by atoms with Gasteiger partial charge in [-0.1, -0.05) is 6.07 Å². The van der Waals surface area contributed by atoms with Crippen molar-refractivity contribution in [1.29, 1.82) is 5.26 Å². The number of alkyl halides is 3. The average Bonchev–Trinajstić information content (AvgIpc) is 2.19. The summed E-state index contributed by atoms with van der Waals surface area (Å²) < 4.78 is 37.0. The fourth-order valence-corrected chi connectivity index (χ4v) is 1.23. The topological polar surface area (TPSA) is 70.0 Å². The summed E-state index contributed by atoms with van der Waals surface area (Å²) in [4.78, 5) is 0. The van der Waals surface area contributed by atoms with E-state index < -0.39 is 23.5 Å².